The fourth-order valence-electron chi connectivity index (χ4n) is 2.65. The zero-order valence-electron chi connectivity index (χ0n) is 12.6. The van der Waals surface area contributed by atoms with E-state index in [4.69, 9.17) is 5.11 Å². The van der Waals surface area contributed by atoms with Gasteiger partial charge in [-0.2, -0.15) is 13.2 Å². The third-order valence-corrected chi connectivity index (χ3v) is 3.75. The molecule has 24 heavy (non-hydrogen) atoms. The maximum Gasteiger partial charge on any atom is 0.416 e. The lowest BCUT2D eigenvalue weighted by atomic mass is 10.0. The van der Waals surface area contributed by atoms with Crippen LogP contribution in [0.15, 0.2) is 24.3 Å². The summed E-state index contributed by atoms with van der Waals surface area (Å²) in [7, 11) is 0. The summed E-state index contributed by atoms with van der Waals surface area (Å²) in [4.78, 5) is 23.8. The van der Waals surface area contributed by atoms with Gasteiger partial charge in [0.2, 0.25) is 0 Å². The summed E-state index contributed by atoms with van der Waals surface area (Å²) in [6.45, 7) is -0.129. The van der Waals surface area contributed by atoms with Crippen LogP contribution >= 0.6 is 0 Å². The van der Waals surface area contributed by atoms with E-state index in [1.807, 2.05) is 0 Å². The summed E-state index contributed by atoms with van der Waals surface area (Å²) >= 11 is 0. The molecule has 2 amide bonds. The average molecular weight is 346 g/mol. The maximum atomic E-state index is 12.8. The average Bonchev–Trinajstić information content (AvgIpc) is 2.88. The Morgan fingerprint density at radius 2 is 2.04 bits per heavy atom. The number of carboxylic acid groups (broad SMARTS) is 1. The van der Waals surface area contributed by atoms with Gasteiger partial charge in [0.1, 0.15) is 0 Å². The third-order valence-electron chi connectivity index (χ3n) is 3.75. The van der Waals surface area contributed by atoms with Gasteiger partial charge in [0.25, 0.3) is 0 Å². The number of hydrogen-bond donors (Lipinski definition) is 3. The van der Waals surface area contributed by atoms with Crippen LogP contribution in [-0.2, 0) is 11.0 Å². The zero-order chi connectivity index (χ0) is 17.9. The van der Waals surface area contributed by atoms with Crippen LogP contribution in [-0.4, -0.2) is 46.3 Å². The molecule has 0 bridgehead atoms. The Balaban J connectivity index is 2.15. The summed E-state index contributed by atoms with van der Waals surface area (Å²) in [5.74, 6) is -1.08. The molecule has 6 nitrogen and oxygen atoms in total. The normalized spacial score (nSPS) is 20.9. The molecule has 0 radical (unpaired) electrons. The van der Waals surface area contributed by atoms with Gasteiger partial charge in [0.15, 0.2) is 0 Å². The second kappa shape index (κ2) is 7.08. The molecule has 2 rings (SSSR count). The summed E-state index contributed by atoms with van der Waals surface area (Å²) < 4.78 is 38.5. The van der Waals surface area contributed by atoms with Gasteiger partial charge in [-0.25, -0.2) is 4.79 Å². The van der Waals surface area contributed by atoms with E-state index in [0.717, 1.165) is 12.1 Å². The van der Waals surface area contributed by atoms with Gasteiger partial charge in [-0.15, -0.1) is 0 Å². The van der Waals surface area contributed by atoms with Crippen molar-refractivity contribution in [1.82, 2.24) is 10.2 Å². The first-order valence-corrected chi connectivity index (χ1v) is 7.30. The first kappa shape index (κ1) is 18.1. The van der Waals surface area contributed by atoms with Crippen LogP contribution < -0.4 is 5.32 Å². The fraction of sp³-hybridized carbons (Fsp3) is 0.467. The standard InChI is InChI=1S/C15H17F3N2O4/c16-15(17,18)10-3-1-2-9(6-10)12-7-11(21)8-20(12)14(24)19-5-4-13(22)23/h1-3,6,11-12,21H,4-5,7-8H2,(H,19,24)(H,22,23). The summed E-state index contributed by atoms with van der Waals surface area (Å²) in [5.41, 5.74) is -0.553. The number of aliphatic carboxylic acids is 1. The van der Waals surface area contributed by atoms with Gasteiger partial charge in [-0.3, -0.25) is 4.79 Å². The highest BCUT2D eigenvalue weighted by Crippen LogP contribution is 2.36. The monoisotopic (exact) mass is 346 g/mol. The van der Waals surface area contributed by atoms with Crippen LogP contribution in [0.25, 0.3) is 0 Å². The van der Waals surface area contributed by atoms with E-state index >= 15 is 0 Å². The highest BCUT2D eigenvalue weighted by molar-refractivity contribution is 5.76. The SMILES string of the molecule is O=C(O)CCNC(=O)N1CC(O)CC1c1cccc(C(F)(F)F)c1. The van der Waals surface area contributed by atoms with Crippen LogP contribution in [0.1, 0.15) is 30.0 Å². The minimum atomic E-state index is -4.50. The summed E-state index contributed by atoms with van der Waals surface area (Å²) in [6.07, 6.45) is -5.50. The Labute approximate surface area is 135 Å². The van der Waals surface area contributed by atoms with Gasteiger partial charge in [-0.05, 0) is 24.1 Å². The third kappa shape index (κ3) is 4.38. The first-order valence-electron chi connectivity index (χ1n) is 7.30. The molecule has 1 heterocycles. The number of carbonyl (C=O) groups is 2. The number of amides is 2. The maximum absolute atomic E-state index is 12.8. The predicted octanol–water partition coefficient (Wildman–Crippen LogP) is 2.00. The lowest BCUT2D eigenvalue weighted by Gasteiger charge is -2.25. The number of carbonyl (C=O) groups excluding carboxylic acids is 1. The van der Waals surface area contributed by atoms with Gasteiger partial charge in [0.05, 0.1) is 24.1 Å². The minimum absolute atomic E-state index is 0.0280. The van der Waals surface area contributed by atoms with Crippen LogP contribution in [0.2, 0.25) is 0 Å². The van der Waals surface area contributed by atoms with Crippen LogP contribution in [0.4, 0.5) is 18.0 Å². The topological polar surface area (TPSA) is 89.9 Å². The number of likely N-dealkylation sites (tertiary alicyclic amines) is 1. The van der Waals surface area contributed by atoms with E-state index < -0.39 is 35.9 Å². The second-order valence-corrected chi connectivity index (χ2v) is 5.56. The number of nitrogens with zero attached hydrogens (tertiary/aromatic N) is 1. The molecule has 3 N–H and O–H groups in total. The number of aliphatic hydroxyl groups excluding tert-OH is 1. The summed E-state index contributed by atoms with van der Waals surface area (Å²) in [6, 6.07) is 3.30. The molecule has 1 aromatic rings. The van der Waals surface area contributed by atoms with Crippen molar-refractivity contribution in [2.45, 2.75) is 31.2 Å². The molecule has 1 aliphatic heterocycles. The van der Waals surface area contributed by atoms with Crippen molar-refractivity contribution in [2.75, 3.05) is 13.1 Å². The van der Waals surface area contributed by atoms with Crippen molar-refractivity contribution in [3.63, 3.8) is 0 Å². The second-order valence-electron chi connectivity index (χ2n) is 5.56. The largest absolute Gasteiger partial charge is 0.481 e. The van der Waals surface area contributed by atoms with Gasteiger partial charge in [0, 0.05) is 13.1 Å². The predicted molar refractivity (Wildman–Crippen MR) is 77.2 cm³/mol. The number of benzene rings is 1. The molecule has 1 aromatic carbocycles. The van der Waals surface area contributed by atoms with Crippen LogP contribution in [0.5, 0.6) is 0 Å². The lowest BCUT2D eigenvalue weighted by molar-refractivity contribution is -0.138. The quantitative estimate of drug-likeness (QED) is 0.778. The zero-order valence-corrected chi connectivity index (χ0v) is 12.6. The molecule has 9 heteroatoms. The fourth-order valence-corrected chi connectivity index (χ4v) is 2.65. The number of alkyl halides is 3. The van der Waals surface area contributed by atoms with Crippen molar-refractivity contribution < 1.29 is 33.0 Å². The number of urea groups is 1. The number of halogens is 3. The van der Waals surface area contributed by atoms with E-state index in [2.05, 4.69) is 5.32 Å². The van der Waals surface area contributed by atoms with E-state index in [0.29, 0.717) is 0 Å². The highest BCUT2D eigenvalue weighted by atomic mass is 19.4. The molecule has 0 aromatic heterocycles. The number of rotatable bonds is 4. The Morgan fingerprint density at radius 1 is 1.33 bits per heavy atom. The van der Waals surface area contributed by atoms with Gasteiger partial charge < -0.3 is 20.4 Å². The molecular weight excluding hydrogens is 329 g/mol. The number of carboxylic acids is 1. The smallest absolute Gasteiger partial charge is 0.416 e. The molecule has 132 valence electrons. The molecule has 2 unspecified atom stereocenters. The van der Waals surface area contributed by atoms with E-state index in [9.17, 15) is 27.9 Å². The highest BCUT2D eigenvalue weighted by Gasteiger charge is 2.37. The molecule has 0 spiro atoms. The lowest BCUT2D eigenvalue weighted by Crippen LogP contribution is -2.41. The van der Waals surface area contributed by atoms with Crippen LogP contribution in [0, 0.1) is 0 Å². The number of hydrogen-bond acceptors (Lipinski definition) is 3. The number of aliphatic hydroxyl groups is 1. The van der Waals surface area contributed by atoms with E-state index in [-0.39, 0.29) is 31.5 Å². The van der Waals surface area contributed by atoms with Gasteiger partial charge in [-0.1, -0.05) is 12.1 Å². The molecule has 1 fully saturated rings. The van der Waals surface area contributed by atoms with E-state index in [1.54, 1.807) is 0 Å². The van der Waals surface area contributed by atoms with Crippen molar-refractivity contribution in [3.8, 4) is 0 Å². The van der Waals surface area contributed by atoms with Gasteiger partial charge >= 0.3 is 18.2 Å². The molecule has 2 atom stereocenters. The first-order chi connectivity index (χ1) is 11.2. The molecule has 0 aliphatic carbocycles. The Hall–Kier alpha value is -2.29. The minimum Gasteiger partial charge on any atom is -0.481 e. The van der Waals surface area contributed by atoms with Crippen molar-refractivity contribution >= 4 is 12.0 Å². The molecular formula is C15H17F3N2O4. The van der Waals surface area contributed by atoms with Crippen molar-refractivity contribution in [3.05, 3.63) is 35.4 Å². The van der Waals surface area contributed by atoms with E-state index in [1.165, 1.54) is 17.0 Å². The molecule has 1 aliphatic rings. The Kier molecular flexibility index (Phi) is 5.33. The van der Waals surface area contributed by atoms with Crippen molar-refractivity contribution in [1.29, 1.82) is 0 Å². The summed E-state index contributed by atoms with van der Waals surface area (Å²) in [5, 5.41) is 20.7. The van der Waals surface area contributed by atoms with Crippen molar-refractivity contribution in [2.24, 2.45) is 0 Å². The number of nitrogens with one attached hydrogen (secondary N) is 1. The Morgan fingerprint density at radius 3 is 2.67 bits per heavy atom. The molecule has 1 saturated heterocycles. The Bertz CT molecular complexity index is 621. The molecule has 0 saturated carbocycles. The van der Waals surface area contributed by atoms with Crippen LogP contribution in [0.3, 0.4) is 0 Å². The number of β-amino-alcohol motifs (C(OH)–C–C–N with tert-alkyl or cyclic N) is 1.